The predicted molar refractivity (Wildman–Crippen MR) is 78.0 cm³/mol. The summed E-state index contributed by atoms with van der Waals surface area (Å²) in [5.74, 6) is 0. The van der Waals surface area contributed by atoms with Crippen molar-refractivity contribution >= 4 is 11.6 Å². The van der Waals surface area contributed by atoms with Gasteiger partial charge in [0, 0.05) is 0 Å². The van der Waals surface area contributed by atoms with Gasteiger partial charge in [0.05, 0.1) is 11.8 Å². The molecule has 1 aromatic rings. The summed E-state index contributed by atoms with van der Waals surface area (Å²) >= 11 is 0. The smallest absolute Gasteiger partial charge is 0.0981 e. The van der Waals surface area contributed by atoms with Crippen molar-refractivity contribution in [3.8, 4) is 0 Å². The summed E-state index contributed by atoms with van der Waals surface area (Å²) in [4.78, 5) is 0. The lowest BCUT2D eigenvalue weighted by Gasteiger charge is -2.36. The van der Waals surface area contributed by atoms with Crippen molar-refractivity contribution in [2.75, 3.05) is 0 Å². The summed E-state index contributed by atoms with van der Waals surface area (Å²) in [6.45, 7) is 0. The molecule has 0 saturated heterocycles. The summed E-state index contributed by atoms with van der Waals surface area (Å²) in [6.07, 6.45) is 6.97. The molecule has 1 saturated carbocycles. The number of benzene rings is 1. The second kappa shape index (κ2) is 4.60. The summed E-state index contributed by atoms with van der Waals surface area (Å²) in [7, 11) is 0. The zero-order valence-electron chi connectivity index (χ0n) is 11.0. The van der Waals surface area contributed by atoms with Gasteiger partial charge in [-0.1, -0.05) is 36.4 Å². The number of fused-ring (bicyclic) bond motifs is 1. The van der Waals surface area contributed by atoms with Crippen LogP contribution in [-0.4, -0.2) is 16.9 Å². The van der Waals surface area contributed by atoms with E-state index >= 15 is 0 Å². The zero-order valence-corrected chi connectivity index (χ0v) is 11.0. The fraction of sp³-hybridized carbons (Fsp3) is 0.375. The van der Waals surface area contributed by atoms with Gasteiger partial charge in [-0.15, -0.1) is 0 Å². The summed E-state index contributed by atoms with van der Waals surface area (Å²) in [5, 5.41) is 10.3. The highest BCUT2D eigenvalue weighted by atomic mass is 16.3. The Bertz CT molecular complexity index is 558. The van der Waals surface area contributed by atoms with Crippen molar-refractivity contribution in [3.63, 3.8) is 0 Å². The monoisotopic (exact) mass is 256 g/mol. The molecule has 5 N–H and O–H groups in total. The zero-order chi connectivity index (χ0) is 13.5. The van der Waals surface area contributed by atoms with Gasteiger partial charge < -0.3 is 16.6 Å². The molecule has 3 nitrogen and oxygen atoms in total. The van der Waals surface area contributed by atoms with E-state index in [4.69, 9.17) is 11.5 Å². The molecule has 3 rings (SSSR count). The van der Waals surface area contributed by atoms with Crippen molar-refractivity contribution in [1.29, 1.82) is 0 Å². The minimum Gasteiger partial charge on any atom is -0.384 e. The predicted octanol–water partition coefficient (Wildman–Crippen LogP) is 2.02. The van der Waals surface area contributed by atoms with Gasteiger partial charge in [-0.05, 0) is 48.0 Å². The first-order valence-electron chi connectivity index (χ1n) is 6.86. The number of aliphatic hydroxyl groups excluding tert-OH is 1. The van der Waals surface area contributed by atoms with Crippen LogP contribution in [0.15, 0.2) is 35.9 Å². The first-order valence-corrected chi connectivity index (χ1v) is 6.86. The average Bonchev–Trinajstić information content (AvgIpc) is 2.39. The molecule has 19 heavy (non-hydrogen) atoms. The third kappa shape index (κ3) is 2.14. The maximum Gasteiger partial charge on any atom is 0.0981 e. The Morgan fingerprint density at radius 3 is 2.74 bits per heavy atom. The lowest BCUT2D eigenvalue weighted by atomic mass is 9.77. The van der Waals surface area contributed by atoms with Crippen LogP contribution >= 0.6 is 0 Å². The van der Waals surface area contributed by atoms with Crippen LogP contribution in [0.4, 0.5) is 0 Å². The highest BCUT2D eigenvalue weighted by Crippen LogP contribution is 2.39. The van der Waals surface area contributed by atoms with E-state index in [-0.39, 0.29) is 0 Å². The van der Waals surface area contributed by atoms with E-state index in [1.54, 1.807) is 0 Å². The molecule has 0 amide bonds. The van der Waals surface area contributed by atoms with E-state index in [1.165, 1.54) is 0 Å². The van der Waals surface area contributed by atoms with Gasteiger partial charge in [0.2, 0.25) is 0 Å². The number of aliphatic hydroxyl groups is 1. The molecular formula is C16H20N2O. The molecule has 2 aliphatic carbocycles. The topological polar surface area (TPSA) is 72.3 Å². The van der Waals surface area contributed by atoms with Crippen molar-refractivity contribution in [3.05, 3.63) is 47.0 Å². The van der Waals surface area contributed by atoms with Crippen LogP contribution in [0, 0.1) is 0 Å². The Labute approximate surface area is 113 Å². The Morgan fingerprint density at radius 2 is 1.95 bits per heavy atom. The van der Waals surface area contributed by atoms with Crippen LogP contribution in [0.2, 0.25) is 0 Å². The first kappa shape index (κ1) is 12.6. The normalized spacial score (nSPS) is 29.1. The fourth-order valence-corrected chi connectivity index (χ4v) is 3.17. The molecule has 2 aliphatic rings. The third-order valence-electron chi connectivity index (χ3n) is 4.16. The number of hydrogen-bond donors (Lipinski definition) is 3. The molecule has 1 fully saturated rings. The Hall–Kier alpha value is -1.42. The van der Waals surface area contributed by atoms with E-state index in [1.807, 2.05) is 30.4 Å². The number of rotatable bonds is 0. The van der Waals surface area contributed by atoms with Crippen molar-refractivity contribution in [1.82, 2.24) is 0 Å². The first-order chi connectivity index (χ1) is 9.09. The second-order valence-electron chi connectivity index (χ2n) is 5.53. The van der Waals surface area contributed by atoms with Crippen molar-refractivity contribution < 1.29 is 5.11 Å². The minimum atomic E-state index is -0.785. The van der Waals surface area contributed by atoms with Gasteiger partial charge >= 0.3 is 0 Å². The van der Waals surface area contributed by atoms with Gasteiger partial charge in [0.1, 0.15) is 0 Å². The SMILES string of the molecule is NC1(N)CCCCC1=C1c2ccccc2C=CC1O. The van der Waals surface area contributed by atoms with E-state index in [9.17, 15) is 5.11 Å². The van der Waals surface area contributed by atoms with Crippen LogP contribution in [0.5, 0.6) is 0 Å². The van der Waals surface area contributed by atoms with Gasteiger partial charge in [-0.3, -0.25) is 0 Å². The summed E-state index contributed by atoms with van der Waals surface area (Å²) < 4.78 is 0. The van der Waals surface area contributed by atoms with Gasteiger partial charge in [0.15, 0.2) is 0 Å². The molecule has 0 heterocycles. The molecule has 1 aromatic carbocycles. The van der Waals surface area contributed by atoms with E-state index < -0.39 is 11.8 Å². The molecule has 0 radical (unpaired) electrons. The van der Waals surface area contributed by atoms with E-state index in [2.05, 4.69) is 6.07 Å². The molecule has 0 spiro atoms. The Balaban J connectivity index is 2.20. The molecule has 100 valence electrons. The maximum absolute atomic E-state index is 10.3. The average molecular weight is 256 g/mol. The quantitative estimate of drug-likeness (QED) is 0.622. The van der Waals surface area contributed by atoms with Crippen LogP contribution in [-0.2, 0) is 0 Å². The lowest BCUT2D eigenvalue weighted by molar-refractivity contribution is 0.275. The van der Waals surface area contributed by atoms with Gasteiger partial charge in [-0.2, -0.15) is 0 Å². The molecule has 1 atom stereocenters. The molecular weight excluding hydrogens is 236 g/mol. The Morgan fingerprint density at radius 1 is 1.16 bits per heavy atom. The van der Waals surface area contributed by atoms with Gasteiger partial charge in [-0.25, -0.2) is 0 Å². The standard InChI is InChI=1S/C16H20N2O/c17-16(18)10-4-3-7-13(16)15-12-6-2-1-5-11(12)8-9-14(15)19/h1-2,5-6,8-9,14,19H,3-4,7,10,17-18H2. The van der Waals surface area contributed by atoms with Crippen LogP contribution in [0.25, 0.3) is 11.6 Å². The van der Waals surface area contributed by atoms with Crippen molar-refractivity contribution in [2.45, 2.75) is 37.5 Å². The molecule has 0 bridgehead atoms. The second-order valence-corrected chi connectivity index (χ2v) is 5.53. The minimum absolute atomic E-state index is 0.602. The van der Waals surface area contributed by atoms with E-state index in [0.29, 0.717) is 0 Å². The highest BCUT2D eigenvalue weighted by Gasteiger charge is 2.33. The lowest BCUT2D eigenvalue weighted by Crippen LogP contribution is -2.53. The fourth-order valence-electron chi connectivity index (χ4n) is 3.17. The summed E-state index contributed by atoms with van der Waals surface area (Å²) in [5.41, 5.74) is 15.9. The Kier molecular flexibility index (Phi) is 3.05. The molecule has 0 aromatic heterocycles. The highest BCUT2D eigenvalue weighted by molar-refractivity contribution is 5.84. The number of nitrogens with two attached hydrogens (primary N) is 2. The molecule has 0 aliphatic heterocycles. The van der Waals surface area contributed by atoms with Crippen LogP contribution < -0.4 is 11.5 Å². The maximum atomic E-state index is 10.3. The van der Waals surface area contributed by atoms with Gasteiger partial charge in [0.25, 0.3) is 0 Å². The van der Waals surface area contributed by atoms with Crippen molar-refractivity contribution in [2.24, 2.45) is 11.5 Å². The van der Waals surface area contributed by atoms with E-state index in [0.717, 1.165) is 48.0 Å². The molecule has 3 heteroatoms. The largest absolute Gasteiger partial charge is 0.384 e. The molecule has 1 unspecified atom stereocenters. The summed E-state index contributed by atoms with van der Waals surface area (Å²) in [6, 6.07) is 8.08. The van der Waals surface area contributed by atoms with Crippen LogP contribution in [0.1, 0.15) is 36.8 Å². The third-order valence-corrected chi connectivity index (χ3v) is 4.16. The van der Waals surface area contributed by atoms with Crippen LogP contribution in [0.3, 0.4) is 0 Å². The number of hydrogen-bond acceptors (Lipinski definition) is 3.